The topological polar surface area (TPSA) is 71.2 Å². The summed E-state index contributed by atoms with van der Waals surface area (Å²) in [7, 11) is 0. The molecule has 0 unspecified atom stereocenters. The number of nitrogens with zero attached hydrogens (tertiary/aromatic N) is 2. The Morgan fingerprint density at radius 1 is 1.48 bits per heavy atom. The van der Waals surface area contributed by atoms with Crippen LogP contribution in [0.25, 0.3) is 0 Å². The van der Waals surface area contributed by atoms with Gasteiger partial charge in [0.2, 0.25) is 5.91 Å². The van der Waals surface area contributed by atoms with E-state index in [9.17, 15) is 4.79 Å². The number of carbonyl (C=O) groups excluding carboxylic acids is 1. The molecule has 0 aliphatic carbocycles. The first-order valence-electron chi connectivity index (χ1n) is 6.97. The van der Waals surface area contributed by atoms with Crippen LogP contribution in [0.2, 0.25) is 0 Å². The lowest BCUT2D eigenvalue weighted by Gasteiger charge is -2.17. The zero-order valence-electron chi connectivity index (χ0n) is 12.2. The van der Waals surface area contributed by atoms with E-state index in [2.05, 4.69) is 15.2 Å². The second-order valence-corrected chi connectivity index (χ2v) is 5.96. The van der Waals surface area contributed by atoms with Gasteiger partial charge < -0.3 is 16.0 Å². The Bertz CT molecular complexity index is 437. The Balaban J connectivity index is 0.00000220. The van der Waals surface area contributed by atoms with Crippen LogP contribution in [-0.2, 0) is 4.79 Å². The second-order valence-electron chi connectivity index (χ2n) is 4.98. The van der Waals surface area contributed by atoms with Crippen molar-refractivity contribution in [2.24, 2.45) is 5.73 Å². The summed E-state index contributed by atoms with van der Waals surface area (Å²) in [4.78, 5) is 18.5. The standard InChI is InChI=1S/C14H22N4OS.ClH/c1-20-9-6-12(15)14(19)17-11-4-5-13(16-10-11)18-7-2-3-8-18;/h4-5,10,12H,2-3,6-9,15H2,1H3,(H,17,19);1H/t12-;/m0./s1. The second kappa shape index (κ2) is 9.12. The Kier molecular flexibility index (Phi) is 7.85. The number of anilines is 2. The summed E-state index contributed by atoms with van der Waals surface area (Å²) < 4.78 is 0. The minimum Gasteiger partial charge on any atom is -0.357 e. The van der Waals surface area contributed by atoms with Crippen molar-refractivity contribution in [3.63, 3.8) is 0 Å². The summed E-state index contributed by atoms with van der Waals surface area (Å²) in [5.74, 6) is 1.72. The number of hydrogen-bond donors (Lipinski definition) is 2. The maximum absolute atomic E-state index is 11.9. The third-order valence-electron chi connectivity index (χ3n) is 3.42. The van der Waals surface area contributed by atoms with Crippen LogP contribution in [0.3, 0.4) is 0 Å². The molecule has 0 radical (unpaired) electrons. The van der Waals surface area contributed by atoms with E-state index in [1.807, 2.05) is 18.4 Å². The van der Waals surface area contributed by atoms with Crippen molar-refractivity contribution < 1.29 is 4.79 Å². The molecule has 0 spiro atoms. The lowest BCUT2D eigenvalue weighted by atomic mass is 10.2. The number of carbonyl (C=O) groups is 1. The first-order chi connectivity index (χ1) is 9.70. The molecule has 1 amide bonds. The maximum Gasteiger partial charge on any atom is 0.241 e. The van der Waals surface area contributed by atoms with E-state index in [-0.39, 0.29) is 18.3 Å². The van der Waals surface area contributed by atoms with E-state index < -0.39 is 6.04 Å². The summed E-state index contributed by atoms with van der Waals surface area (Å²) in [5.41, 5.74) is 6.53. The van der Waals surface area contributed by atoms with Gasteiger partial charge in [-0.05, 0) is 43.4 Å². The largest absolute Gasteiger partial charge is 0.357 e. The number of hydrogen-bond acceptors (Lipinski definition) is 5. The quantitative estimate of drug-likeness (QED) is 0.836. The molecule has 1 saturated heterocycles. The molecular formula is C14H23ClN4OS. The van der Waals surface area contributed by atoms with Gasteiger partial charge in [0, 0.05) is 13.1 Å². The maximum atomic E-state index is 11.9. The van der Waals surface area contributed by atoms with Crippen molar-refractivity contribution >= 4 is 41.6 Å². The Labute approximate surface area is 136 Å². The van der Waals surface area contributed by atoms with Crippen molar-refractivity contribution in [2.75, 3.05) is 35.3 Å². The van der Waals surface area contributed by atoms with Gasteiger partial charge in [-0.3, -0.25) is 4.79 Å². The van der Waals surface area contributed by atoms with Crippen molar-refractivity contribution in [3.05, 3.63) is 18.3 Å². The van der Waals surface area contributed by atoms with E-state index >= 15 is 0 Å². The molecule has 1 aromatic rings. The zero-order chi connectivity index (χ0) is 14.4. The van der Waals surface area contributed by atoms with E-state index in [0.29, 0.717) is 12.1 Å². The van der Waals surface area contributed by atoms with E-state index in [0.717, 1.165) is 24.7 Å². The number of thioether (sulfide) groups is 1. The fourth-order valence-electron chi connectivity index (χ4n) is 2.20. The highest BCUT2D eigenvalue weighted by atomic mass is 35.5. The van der Waals surface area contributed by atoms with Crippen LogP contribution in [0.5, 0.6) is 0 Å². The Morgan fingerprint density at radius 3 is 2.76 bits per heavy atom. The predicted octanol–water partition coefficient (Wildman–Crippen LogP) is 2.12. The average Bonchev–Trinajstić information content (AvgIpc) is 2.99. The van der Waals surface area contributed by atoms with E-state index in [1.54, 1.807) is 18.0 Å². The van der Waals surface area contributed by atoms with Crippen LogP contribution in [0.1, 0.15) is 19.3 Å². The van der Waals surface area contributed by atoms with Gasteiger partial charge in [-0.25, -0.2) is 4.98 Å². The highest BCUT2D eigenvalue weighted by molar-refractivity contribution is 7.98. The molecule has 1 aliphatic rings. The summed E-state index contributed by atoms with van der Waals surface area (Å²) in [5, 5.41) is 2.81. The van der Waals surface area contributed by atoms with Gasteiger partial charge in [0.15, 0.2) is 0 Å². The van der Waals surface area contributed by atoms with Gasteiger partial charge in [0.05, 0.1) is 17.9 Å². The molecule has 2 heterocycles. The van der Waals surface area contributed by atoms with Crippen molar-refractivity contribution in [1.82, 2.24) is 4.98 Å². The molecule has 5 nitrogen and oxygen atoms in total. The third-order valence-corrected chi connectivity index (χ3v) is 4.06. The molecule has 3 N–H and O–H groups in total. The molecule has 1 fully saturated rings. The molecule has 118 valence electrons. The molecule has 0 saturated carbocycles. The highest BCUT2D eigenvalue weighted by Crippen LogP contribution is 2.19. The SMILES string of the molecule is CSCC[C@H](N)C(=O)Nc1ccc(N2CCCC2)nc1.Cl. The summed E-state index contributed by atoms with van der Waals surface area (Å²) in [6.45, 7) is 2.14. The molecule has 2 rings (SSSR count). The normalized spacial score (nSPS) is 15.4. The summed E-state index contributed by atoms with van der Waals surface area (Å²) >= 11 is 1.69. The van der Waals surface area contributed by atoms with Gasteiger partial charge in [0.1, 0.15) is 5.82 Å². The minimum atomic E-state index is -0.458. The molecular weight excluding hydrogens is 308 g/mol. The number of nitrogens with one attached hydrogen (secondary N) is 1. The van der Waals surface area contributed by atoms with Gasteiger partial charge in [-0.15, -0.1) is 12.4 Å². The third kappa shape index (κ3) is 5.37. The minimum absolute atomic E-state index is 0. The number of amides is 1. The monoisotopic (exact) mass is 330 g/mol. The van der Waals surface area contributed by atoms with Gasteiger partial charge >= 0.3 is 0 Å². The summed E-state index contributed by atoms with van der Waals surface area (Å²) in [6.07, 6.45) is 6.85. The predicted molar refractivity (Wildman–Crippen MR) is 92.5 cm³/mol. The molecule has 0 bridgehead atoms. The van der Waals surface area contributed by atoms with E-state index in [1.165, 1.54) is 12.8 Å². The summed E-state index contributed by atoms with van der Waals surface area (Å²) in [6, 6.07) is 3.38. The molecule has 7 heteroatoms. The smallest absolute Gasteiger partial charge is 0.241 e. The molecule has 21 heavy (non-hydrogen) atoms. The van der Waals surface area contributed by atoms with Gasteiger partial charge in [-0.1, -0.05) is 0 Å². The fourth-order valence-corrected chi connectivity index (χ4v) is 2.69. The zero-order valence-corrected chi connectivity index (χ0v) is 13.9. The van der Waals surface area contributed by atoms with Crippen molar-refractivity contribution in [2.45, 2.75) is 25.3 Å². The first kappa shape index (κ1) is 18.1. The number of nitrogens with two attached hydrogens (primary N) is 1. The molecule has 0 aromatic carbocycles. The number of rotatable bonds is 6. The molecule has 1 atom stereocenters. The van der Waals surface area contributed by atoms with Crippen LogP contribution in [0.4, 0.5) is 11.5 Å². The van der Waals surface area contributed by atoms with Crippen molar-refractivity contribution in [3.8, 4) is 0 Å². The van der Waals surface area contributed by atoms with Gasteiger partial charge in [-0.2, -0.15) is 11.8 Å². The average molecular weight is 331 g/mol. The van der Waals surface area contributed by atoms with Gasteiger partial charge in [0.25, 0.3) is 0 Å². The van der Waals surface area contributed by atoms with E-state index in [4.69, 9.17) is 5.73 Å². The lowest BCUT2D eigenvalue weighted by molar-refractivity contribution is -0.117. The Hall–Kier alpha value is -0.980. The lowest BCUT2D eigenvalue weighted by Crippen LogP contribution is -2.36. The number of halogens is 1. The number of aromatic nitrogens is 1. The first-order valence-corrected chi connectivity index (χ1v) is 8.36. The molecule has 1 aromatic heterocycles. The van der Waals surface area contributed by atoms with Crippen LogP contribution in [0.15, 0.2) is 18.3 Å². The Morgan fingerprint density at radius 2 is 2.19 bits per heavy atom. The number of pyridine rings is 1. The molecule has 1 aliphatic heterocycles. The fraction of sp³-hybridized carbons (Fsp3) is 0.571. The van der Waals surface area contributed by atoms with Crippen LogP contribution < -0.4 is 16.0 Å². The van der Waals surface area contributed by atoms with Crippen LogP contribution in [-0.4, -0.2) is 42.0 Å². The highest BCUT2D eigenvalue weighted by Gasteiger charge is 2.15. The van der Waals surface area contributed by atoms with Crippen LogP contribution in [0, 0.1) is 0 Å². The van der Waals surface area contributed by atoms with Crippen molar-refractivity contribution in [1.29, 1.82) is 0 Å². The van der Waals surface area contributed by atoms with Crippen LogP contribution >= 0.6 is 24.2 Å².